The van der Waals surface area contributed by atoms with Crippen molar-refractivity contribution in [2.24, 2.45) is 5.41 Å². The molecule has 0 amide bonds. The summed E-state index contributed by atoms with van der Waals surface area (Å²) in [5.41, 5.74) is 0.471. The molecule has 0 spiro atoms. The van der Waals surface area contributed by atoms with Crippen LogP contribution in [-0.2, 0) is 13.3 Å². The van der Waals surface area contributed by atoms with E-state index in [-0.39, 0.29) is 5.41 Å². The largest absolute Gasteiger partial charge is 0.503 e. The first-order valence-electron chi connectivity index (χ1n) is 5.03. The van der Waals surface area contributed by atoms with Gasteiger partial charge in [-0.2, -0.15) is 0 Å². The van der Waals surface area contributed by atoms with Crippen LogP contribution in [0.15, 0.2) is 0 Å². The molecule has 0 radical (unpaired) electrons. The fraction of sp³-hybridized carbons (Fsp3) is 1.00. The van der Waals surface area contributed by atoms with Crippen LogP contribution in [0.4, 0.5) is 0 Å². The summed E-state index contributed by atoms with van der Waals surface area (Å²) in [6.07, 6.45) is 1.01. The molecule has 0 aliphatic rings. The summed E-state index contributed by atoms with van der Waals surface area (Å²) in [5, 5.41) is 0. The quantitative estimate of drug-likeness (QED) is 0.667. The molecule has 0 rings (SSSR count). The maximum absolute atomic E-state index is 5.51. The molecule has 0 aromatic heterocycles. The normalized spacial score (nSPS) is 15.6. The second-order valence-corrected chi connectivity index (χ2v) is 7.67. The van der Waals surface area contributed by atoms with E-state index in [1.807, 2.05) is 0 Å². The van der Waals surface area contributed by atoms with Crippen molar-refractivity contribution >= 4 is 8.80 Å². The second-order valence-electron chi connectivity index (χ2n) is 4.54. The van der Waals surface area contributed by atoms with E-state index in [9.17, 15) is 0 Å². The molecule has 0 aliphatic heterocycles. The van der Waals surface area contributed by atoms with Gasteiger partial charge in [-0.15, -0.1) is 0 Å². The molecule has 86 valence electrons. The minimum absolute atomic E-state index is 0.142. The Balaban J connectivity index is 4.94. The van der Waals surface area contributed by atoms with Crippen LogP contribution in [0.2, 0.25) is 5.54 Å². The van der Waals surface area contributed by atoms with Crippen LogP contribution in [0.25, 0.3) is 0 Å². The molecule has 1 atom stereocenters. The highest BCUT2D eigenvalue weighted by molar-refractivity contribution is 6.62. The second kappa shape index (κ2) is 5.26. The van der Waals surface area contributed by atoms with E-state index in [0.29, 0.717) is 5.54 Å². The van der Waals surface area contributed by atoms with Gasteiger partial charge in [0, 0.05) is 26.9 Å². The standard InChI is InChI=1S/C10H24O3Si/c1-8-9(10(2,3)4)14(11-5,12-6)13-7/h9H,8H2,1-7H3. The third-order valence-electron chi connectivity index (χ3n) is 2.73. The smallest absolute Gasteiger partial charge is 0.377 e. The third-order valence-corrected chi connectivity index (χ3v) is 6.57. The maximum atomic E-state index is 5.51. The van der Waals surface area contributed by atoms with Gasteiger partial charge < -0.3 is 13.3 Å². The molecule has 0 bridgehead atoms. The first-order valence-corrected chi connectivity index (χ1v) is 6.83. The molecule has 0 aromatic rings. The lowest BCUT2D eigenvalue weighted by Gasteiger charge is -2.39. The topological polar surface area (TPSA) is 27.7 Å². The third kappa shape index (κ3) is 2.79. The molecule has 14 heavy (non-hydrogen) atoms. The van der Waals surface area contributed by atoms with E-state index in [2.05, 4.69) is 27.7 Å². The van der Waals surface area contributed by atoms with Gasteiger partial charge in [-0.3, -0.25) is 0 Å². The molecule has 0 saturated carbocycles. The average Bonchev–Trinajstić information content (AvgIpc) is 2.12. The van der Waals surface area contributed by atoms with Gasteiger partial charge in [-0.1, -0.05) is 27.7 Å². The van der Waals surface area contributed by atoms with E-state index < -0.39 is 8.80 Å². The van der Waals surface area contributed by atoms with Gasteiger partial charge in [0.25, 0.3) is 0 Å². The van der Waals surface area contributed by atoms with Gasteiger partial charge >= 0.3 is 8.80 Å². The molecule has 4 heteroatoms. The molecule has 0 aliphatic carbocycles. The highest BCUT2D eigenvalue weighted by Crippen LogP contribution is 2.42. The fourth-order valence-corrected chi connectivity index (χ4v) is 4.98. The first-order chi connectivity index (χ1) is 6.37. The van der Waals surface area contributed by atoms with Gasteiger partial charge in [-0.25, -0.2) is 0 Å². The summed E-state index contributed by atoms with van der Waals surface area (Å²) < 4.78 is 16.5. The molecule has 1 unspecified atom stereocenters. The highest BCUT2D eigenvalue weighted by atomic mass is 28.4. The van der Waals surface area contributed by atoms with Crippen LogP contribution in [0, 0.1) is 5.41 Å². The lowest BCUT2D eigenvalue weighted by Crippen LogP contribution is -2.51. The zero-order valence-electron chi connectivity index (χ0n) is 10.5. The Morgan fingerprint density at radius 3 is 1.43 bits per heavy atom. The van der Waals surface area contributed by atoms with Gasteiger partial charge in [0.05, 0.1) is 0 Å². The van der Waals surface area contributed by atoms with E-state index in [1.165, 1.54) is 0 Å². The number of hydrogen-bond donors (Lipinski definition) is 0. The predicted octanol–water partition coefficient (Wildman–Crippen LogP) is 2.69. The highest BCUT2D eigenvalue weighted by Gasteiger charge is 2.51. The Kier molecular flexibility index (Phi) is 5.29. The Hall–Kier alpha value is 0.0969. The van der Waals surface area contributed by atoms with Crippen molar-refractivity contribution in [3.05, 3.63) is 0 Å². The van der Waals surface area contributed by atoms with Crippen molar-refractivity contribution < 1.29 is 13.3 Å². The van der Waals surface area contributed by atoms with E-state index in [1.54, 1.807) is 21.3 Å². The lowest BCUT2D eigenvalue weighted by atomic mass is 9.90. The van der Waals surface area contributed by atoms with Crippen molar-refractivity contribution in [2.75, 3.05) is 21.3 Å². The van der Waals surface area contributed by atoms with Crippen LogP contribution in [-0.4, -0.2) is 30.1 Å². The van der Waals surface area contributed by atoms with Crippen LogP contribution >= 0.6 is 0 Å². The Morgan fingerprint density at radius 1 is 1.00 bits per heavy atom. The minimum atomic E-state index is -2.48. The Bertz CT molecular complexity index is 153. The van der Waals surface area contributed by atoms with Crippen LogP contribution in [0.5, 0.6) is 0 Å². The average molecular weight is 220 g/mol. The molecule has 0 saturated heterocycles. The van der Waals surface area contributed by atoms with Crippen molar-refractivity contribution in [1.82, 2.24) is 0 Å². The van der Waals surface area contributed by atoms with Crippen molar-refractivity contribution in [2.45, 2.75) is 39.7 Å². The monoisotopic (exact) mass is 220 g/mol. The van der Waals surface area contributed by atoms with Gasteiger partial charge in [0.15, 0.2) is 0 Å². The number of hydrogen-bond acceptors (Lipinski definition) is 3. The van der Waals surface area contributed by atoms with Gasteiger partial charge in [0.2, 0.25) is 0 Å². The fourth-order valence-electron chi connectivity index (χ4n) is 2.07. The SMILES string of the molecule is CCC(C(C)(C)C)[Si](OC)(OC)OC. The van der Waals surface area contributed by atoms with Gasteiger partial charge in [0.1, 0.15) is 0 Å². The van der Waals surface area contributed by atoms with Crippen LogP contribution in [0.1, 0.15) is 34.1 Å². The summed E-state index contributed by atoms with van der Waals surface area (Å²) in [6.45, 7) is 8.73. The Morgan fingerprint density at radius 2 is 1.36 bits per heavy atom. The summed E-state index contributed by atoms with van der Waals surface area (Å²) in [6, 6.07) is 0. The molecule has 0 fully saturated rings. The molecule has 0 aromatic carbocycles. The Labute approximate surface area is 89.1 Å². The lowest BCUT2D eigenvalue weighted by molar-refractivity contribution is 0.0900. The summed E-state index contributed by atoms with van der Waals surface area (Å²) in [7, 11) is 2.54. The van der Waals surface area contributed by atoms with E-state index in [0.717, 1.165) is 6.42 Å². The predicted molar refractivity (Wildman–Crippen MR) is 60.3 cm³/mol. The summed E-state index contributed by atoms with van der Waals surface area (Å²) in [4.78, 5) is 0. The molecular formula is C10H24O3Si. The van der Waals surface area contributed by atoms with Crippen molar-refractivity contribution in [3.8, 4) is 0 Å². The molecule has 3 nitrogen and oxygen atoms in total. The summed E-state index contributed by atoms with van der Waals surface area (Å²) in [5.74, 6) is 0. The zero-order chi connectivity index (χ0) is 11.4. The maximum Gasteiger partial charge on any atom is 0.503 e. The number of rotatable bonds is 5. The molecule has 0 heterocycles. The first kappa shape index (κ1) is 14.1. The molecule has 0 N–H and O–H groups in total. The minimum Gasteiger partial charge on any atom is -0.377 e. The van der Waals surface area contributed by atoms with E-state index in [4.69, 9.17) is 13.3 Å². The van der Waals surface area contributed by atoms with Crippen molar-refractivity contribution in [3.63, 3.8) is 0 Å². The summed E-state index contributed by atoms with van der Waals surface area (Å²) >= 11 is 0. The van der Waals surface area contributed by atoms with E-state index >= 15 is 0 Å². The van der Waals surface area contributed by atoms with Gasteiger partial charge in [-0.05, 0) is 11.8 Å². The zero-order valence-corrected chi connectivity index (χ0v) is 11.5. The molecular weight excluding hydrogens is 196 g/mol. The van der Waals surface area contributed by atoms with Crippen LogP contribution in [0.3, 0.4) is 0 Å². The van der Waals surface area contributed by atoms with Crippen LogP contribution < -0.4 is 0 Å². The van der Waals surface area contributed by atoms with Crippen molar-refractivity contribution in [1.29, 1.82) is 0 Å².